The summed E-state index contributed by atoms with van der Waals surface area (Å²) in [6, 6.07) is 10.8. The summed E-state index contributed by atoms with van der Waals surface area (Å²) >= 11 is 1.60. The van der Waals surface area contributed by atoms with Crippen molar-refractivity contribution in [2.24, 2.45) is 0 Å². The highest BCUT2D eigenvalue weighted by molar-refractivity contribution is 7.98. The van der Waals surface area contributed by atoms with Crippen LogP contribution in [0.25, 0.3) is 0 Å². The lowest BCUT2D eigenvalue weighted by Gasteiger charge is -2.14. The predicted octanol–water partition coefficient (Wildman–Crippen LogP) is 3.41. The van der Waals surface area contributed by atoms with Crippen LogP contribution in [-0.2, 0) is 10.0 Å². The average Bonchev–Trinajstić information content (AvgIpc) is 2.43. The molecule has 0 atom stereocenters. The first-order valence-electron chi connectivity index (χ1n) is 6.37. The fourth-order valence-corrected chi connectivity index (χ4v) is 3.93. The first-order valence-corrected chi connectivity index (χ1v) is 9.08. The van der Waals surface area contributed by atoms with Crippen molar-refractivity contribution < 1.29 is 8.42 Å². The van der Waals surface area contributed by atoms with E-state index in [9.17, 15) is 8.42 Å². The summed E-state index contributed by atoms with van der Waals surface area (Å²) in [5, 5.41) is 0. The van der Waals surface area contributed by atoms with E-state index in [0.29, 0.717) is 16.9 Å². The molecule has 0 bridgehead atoms. The lowest BCUT2D eigenvalue weighted by atomic mass is 10.1. The molecule has 0 aliphatic rings. The molecule has 21 heavy (non-hydrogen) atoms. The van der Waals surface area contributed by atoms with Gasteiger partial charge in [0.25, 0.3) is 10.0 Å². The van der Waals surface area contributed by atoms with Crippen LogP contribution < -0.4 is 10.5 Å². The summed E-state index contributed by atoms with van der Waals surface area (Å²) in [6.07, 6.45) is 1.97. The van der Waals surface area contributed by atoms with Gasteiger partial charge in [-0.05, 0) is 55.5 Å². The zero-order chi connectivity index (χ0) is 15.6. The number of nitrogens with one attached hydrogen (secondary N) is 1. The monoisotopic (exact) mass is 322 g/mol. The molecule has 3 N–H and O–H groups in total. The molecule has 0 unspecified atom stereocenters. The van der Waals surface area contributed by atoms with Crippen LogP contribution in [0, 0.1) is 13.8 Å². The van der Waals surface area contributed by atoms with Crippen LogP contribution in [-0.4, -0.2) is 14.7 Å². The van der Waals surface area contributed by atoms with E-state index < -0.39 is 10.0 Å². The van der Waals surface area contributed by atoms with Gasteiger partial charge in [-0.1, -0.05) is 12.1 Å². The third kappa shape index (κ3) is 3.33. The quantitative estimate of drug-likeness (QED) is 0.668. The first kappa shape index (κ1) is 15.7. The number of benzene rings is 2. The largest absolute Gasteiger partial charge is 0.397 e. The zero-order valence-corrected chi connectivity index (χ0v) is 13.8. The van der Waals surface area contributed by atoms with Gasteiger partial charge in [0.1, 0.15) is 4.90 Å². The molecule has 4 nitrogen and oxygen atoms in total. The minimum absolute atomic E-state index is 0.149. The van der Waals surface area contributed by atoms with E-state index in [0.717, 1.165) is 10.5 Å². The summed E-state index contributed by atoms with van der Waals surface area (Å²) in [5.74, 6) is 0. The van der Waals surface area contributed by atoms with Crippen LogP contribution in [0.1, 0.15) is 11.1 Å². The summed E-state index contributed by atoms with van der Waals surface area (Å²) in [6.45, 7) is 3.53. The lowest BCUT2D eigenvalue weighted by molar-refractivity contribution is 0.601. The maximum atomic E-state index is 12.6. The van der Waals surface area contributed by atoms with Gasteiger partial charge in [0.05, 0.1) is 5.69 Å². The third-order valence-electron chi connectivity index (χ3n) is 3.22. The second-order valence-corrected chi connectivity index (χ2v) is 7.28. The minimum Gasteiger partial charge on any atom is -0.397 e. The van der Waals surface area contributed by atoms with Gasteiger partial charge >= 0.3 is 0 Å². The molecule has 2 aromatic rings. The number of aryl methyl sites for hydroxylation is 2. The number of hydrogen-bond acceptors (Lipinski definition) is 4. The number of nitrogen functional groups attached to an aromatic ring is 1. The van der Waals surface area contributed by atoms with Gasteiger partial charge in [0, 0.05) is 10.6 Å². The van der Waals surface area contributed by atoms with E-state index in [-0.39, 0.29) is 4.90 Å². The molecule has 0 radical (unpaired) electrons. The fourth-order valence-electron chi connectivity index (χ4n) is 2.03. The van der Waals surface area contributed by atoms with E-state index >= 15 is 0 Å². The maximum absolute atomic E-state index is 12.6. The average molecular weight is 322 g/mol. The number of sulfonamides is 1. The van der Waals surface area contributed by atoms with E-state index in [1.807, 2.05) is 24.5 Å². The Balaban J connectivity index is 2.41. The van der Waals surface area contributed by atoms with Crippen molar-refractivity contribution in [3.63, 3.8) is 0 Å². The molecule has 0 fully saturated rings. The van der Waals surface area contributed by atoms with Crippen LogP contribution in [0.3, 0.4) is 0 Å². The smallest absolute Gasteiger partial charge is 0.264 e. The SMILES string of the molecule is CSc1ccc(NS(=O)(=O)c2c(C)ccc(C)c2N)cc1. The van der Waals surface area contributed by atoms with Crippen LogP contribution in [0.4, 0.5) is 11.4 Å². The predicted molar refractivity (Wildman–Crippen MR) is 89.4 cm³/mol. The second kappa shape index (κ2) is 5.99. The highest BCUT2D eigenvalue weighted by Crippen LogP contribution is 2.28. The number of nitrogens with two attached hydrogens (primary N) is 1. The molecular weight excluding hydrogens is 304 g/mol. The lowest BCUT2D eigenvalue weighted by Crippen LogP contribution is -2.16. The molecule has 0 saturated heterocycles. The zero-order valence-electron chi connectivity index (χ0n) is 12.2. The van der Waals surface area contributed by atoms with Crippen molar-refractivity contribution in [3.8, 4) is 0 Å². The Kier molecular flexibility index (Phi) is 4.49. The van der Waals surface area contributed by atoms with E-state index in [1.54, 1.807) is 43.8 Å². The van der Waals surface area contributed by atoms with Gasteiger partial charge in [-0.3, -0.25) is 4.72 Å². The summed E-state index contributed by atoms with van der Waals surface area (Å²) < 4.78 is 27.7. The molecule has 0 aliphatic heterocycles. The van der Waals surface area contributed by atoms with Crippen LogP contribution >= 0.6 is 11.8 Å². The van der Waals surface area contributed by atoms with Crippen LogP contribution in [0.5, 0.6) is 0 Å². The summed E-state index contributed by atoms with van der Waals surface area (Å²) in [4.78, 5) is 1.22. The normalized spacial score (nSPS) is 11.4. The van der Waals surface area contributed by atoms with E-state index in [2.05, 4.69) is 4.72 Å². The molecule has 6 heteroatoms. The molecule has 0 saturated carbocycles. The Morgan fingerprint density at radius 1 is 1.00 bits per heavy atom. The summed E-state index contributed by atoms with van der Waals surface area (Å²) in [7, 11) is -3.70. The number of anilines is 2. The Labute approximate surface area is 129 Å². The topological polar surface area (TPSA) is 72.2 Å². The molecule has 2 aromatic carbocycles. The minimum atomic E-state index is -3.70. The van der Waals surface area contributed by atoms with Crippen LogP contribution in [0.15, 0.2) is 46.2 Å². The van der Waals surface area contributed by atoms with Crippen molar-refractivity contribution in [1.82, 2.24) is 0 Å². The highest BCUT2D eigenvalue weighted by Gasteiger charge is 2.21. The molecular formula is C15H18N2O2S2. The van der Waals surface area contributed by atoms with Gasteiger partial charge in [-0.25, -0.2) is 8.42 Å². The molecule has 2 rings (SSSR count). The number of thioether (sulfide) groups is 1. The molecule has 0 amide bonds. The summed E-state index contributed by atoms with van der Waals surface area (Å²) in [5.41, 5.74) is 8.14. The van der Waals surface area contributed by atoms with E-state index in [1.165, 1.54) is 0 Å². The molecule has 0 spiro atoms. The fraction of sp³-hybridized carbons (Fsp3) is 0.200. The van der Waals surface area contributed by atoms with Crippen molar-refractivity contribution in [2.45, 2.75) is 23.6 Å². The van der Waals surface area contributed by atoms with Gasteiger partial charge in [0.15, 0.2) is 0 Å². The van der Waals surface area contributed by atoms with E-state index in [4.69, 9.17) is 5.73 Å². The molecule has 0 heterocycles. The second-order valence-electron chi connectivity index (χ2n) is 4.78. The van der Waals surface area contributed by atoms with Crippen molar-refractivity contribution in [2.75, 3.05) is 16.7 Å². The van der Waals surface area contributed by atoms with Crippen molar-refractivity contribution in [3.05, 3.63) is 47.5 Å². The van der Waals surface area contributed by atoms with Gasteiger partial charge < -0.3 is 5.73 Å². The van der Waals surface area contributed by atoms with Crippen LogP contribution in [0.2, 0.25) is 0 Å². The first-order chi connectivity index (χ1) is 9.85. The van der Waals surface area contributed by atoms with Crippen molar-refractivity contribution in [1.29, 1.82) is 0 Å². The molecule has 0 aromatic heterocycles. The molecule has 0 aliphatic carbocycles. The number of rotatable bonds is 4. The van der Waals surface area contributed by atoms with Gasteiger partial charge in [0.2, 0.25) is 0 Å². The van der Waals surface area contributed by atoms with Crippen molar-refractivity contribution >= 4 is 33.2 Å². The van der Waals surface area contributed by atoms with Gasteiger partial charge in [-0.15, -0.1) is 11.8 Å². The Hall–Kier alpha value is -1.66. The standard InChI is InChI=1S/C15H18N2O2S2/c1-10-4-5-11(2)15(14(10)16)21(18,19)17-12-6-8-13(20-3)9-7-12/h4-9,17H,16H2,1-3H3. The Morgan fingerprint density at radius 2 is 1.57 bits per heavy atom. The molecule has 112 valence electrons. The highest BCUT2D eigenvalue weighted by atomic mass is 32.2. The number of hydrogen-bond donors (Lipinski definition) is 2. The third-order valence-corrected chi connectivity index (χ3v) is 5.55. The Morgan fingerprint density at radius 3 is 2.14 bits per heavy atom. The maximum Gasteiger partial charge on any atom is 0.264 e. The Bertz CT molecular complexity index is 754. The van der Waals surface area contributed by atoms with Gasteiger partial charge in [-0.2, -0.15) is 0 Å².